The number of rotatable bonds is 4. The first-order valence-electron chi connectivity index (χ1n) is 5.64. The summed E-state index contributed by atoms with van der Waals surface area (Å²) in [5.74, 6) is 6.93. The average Bonchev–Trinajstić information content (AvgIpc) is 2.77. The molecule has 0 saturated heterocycles. The van der Waals surface area contributed by atoms with Crippen LogP contribution in [-0.2, 0) is 13.5 Å². The van der Waals surface area contributed by atoms with Gasteiger partial charge in [0.1, 0.15) is 16.7 Å². The van der Waals surface area contributed by atoms with E-state index in [-0.39, 0.29) is 0 Å². The van der Waals surface area contributed by atoms with E-state index in [4.69, 9.17) is 5.84 Å². The summed E-state index contributed by atoms with van der Waals surface area (Å²) in [6.45, 7) is 3.97. The predicted octanol–water partition coefficient (Wildman–Crippen LogP) is 1.52. The number of hydrogen-bond donors (Lipinski definition) is 2. The van der Waals surface area contributed by atoms with Gasteiger partial charge in [0.2, 0.25) is 0 Å². The Hall–Kier alpha value is -1.60. The molecule has 2 heterocycles. The van der Waals surface area contributed by atoms with E-state index < -0.39 is 0 Å². The molecule has 7 heteroatoms. The number of nitrogens with zero attached hydrogens (tertiary/aromatic N) is 4. The van der Waals surface area contributed by atoms with E-state index in [1.807, 2.05) is 33.3 Å². The van der Waals surface area contributed by atoms with Gasteiger partial charge >= 0.3 is 0 Å². The Labute approximate surface area is 110 Å². The summed E-state index contributed by atoms with van der Waals surface area (Å²) in [6, 6.07) is 0. The molecule has 96 valence electrons. The van der Waals surface area contributed by atoms with Gasteiger partial charge in [-0.25, -0.2) is 15.8 Å². The summed E-state index contributed by atoms with van der Waals surface area (Å²) < 4.78 is 1.77. The van der Waals surface area contributed by atoms with Crippen LogP contribution in [0.1, 0.15) is 18.3 Å². The third-order valence-corrected chi connectivity index (χ3v) is 3.53. The molecule has 3 N–H and O–H groups in total. The van der Waals surface area contributed by atoms with Crippen LogP contribution in [0.15, 0.2) is 22.3 Å². The van der Waals surface area contributed by atoms with Crippen LogP contribution in [0.4, 0.5) is 5.82 Å². The third-order valence-electron chi connectivity index (χ3n) is 2.50. The molecule has 0 bridgehead atoms. The minimum absolute atomic E-state index is 0.674. The Morgan fingerprint density at radius 1 is 1.44 bits per heavy atom. The fourth-order valence-electron chi connectivity index (χ4n) is 1.50. The molecular formula is C11H16N6S. The second kappa shape index (κ2) is 5.36. The van der Waals surface area contributed by atoms with Gasteiger partial charge in [0.15, 0.2) is 0 Å². The number of hydrazine groups is 1. The van der Waals surface area contributed by atoms with E-state index in [1.165, 1.54) is 0 Å². The highest BCUT2D eigenvalue weighted by molar-refractivity contribution is 7.99. The lowest BCUT2D eigenvalue weighted by Gasteiger charge is -2.10. The molecule has 0 atom stereocenters. The molecule has 0 saturated carbocycles. The van der Waals surface area contributed by atoms with Crippen molar-refractivity contribution in [1.82, 2.24) is 19.7 Å². The van der Waals surface area contributed by atoms with Crippen LogP contribution in [0, 0.1) is 6.92 Å². The minimum atomic E-state index is 0.674. The van der Waals surface area contributed by atoms with Crippen LogP contribution in [0.25, 0.3) is 0 Å². The second-order valence-corrected chi connectivity index (χ2v) is 4.93. The van der Waals surface area contributed by atoms with Gasteiger partial charge in [0.05, 0.1) is 11.1 Å². The zero-order valence-corrected chi connectivity index (χ0v) is 11.5. The van der Waals surface area contributed by atoms with Crippen molar-refractivity contribution in [2.75, 3.05) is 5.43 Å². The van der Waals surface area contributed by atoms with Crippen molar-refractivity contribution in [3.63, 3.8) is 0 Å². The zero-order chi connectivity index (χ0) is 13.1. The average molecular weight is 264 g/mol. The highest BCUT2D eigenvalue weighted by Gasteiger charge is 2.11. The van der Waals surface area contributed by atoms with E-state index >= 15 is 0 Å². The molecule has 0 aliphatic carbocycles. The topological polar surface area (TPSA) is 81.6 Å². The first kappa shape index (κ1) is 12.8. The predicted molar refractivity (Wildman–Crippen MR) is 71.3 cm³/mol. The molecule has 18 heavy (non-hydrogen) atoms. The molecule has 0 aliphatic heterocycles. The Balaban J connectivity index is 2.36. The summed E-state index contributed by atoms with van der Waals surface area (Å²) in [5, 5.41) is 5.05. The Morgan fingerprint density at radius 2 is 2.22 bits per heavy atom. The van der Waals surface area contributed by atoms with Crippen molar-refractivity contribution in [3.8, 4) is 0 Å². The largest absolute Gasteiger partial charge is 0.308 e. The van der Waals surface area contributed by atoms with Gasteiger partial charge in [-0.05, 0) is 6.92 Å². The van der Waals surface area contributed by atoms with Crippen molar-refractivity contribution in [1.29, 1.82) is 0 Å². The lowest BCUT2D eigenvalue weighted by Crippen LogP contribution is -2.13. The summed E-state index contributed by atoms with van der Waals surface area (Å²) in [5.41, 5.74) is 3.56. The summed E-state index contributed by atoms with van der Waals surface area (Å²) >= 11 is 1.56. The van der Waals surface area contributed by atoms with E-state index in [0.717, 1.165) is 27.7 Å². The van der Waals surface area contributed by atoms with Crippen molar-refractivity contribution >= 4 is 17.6 Å². The molecule has 0 spiro atoms. The standard InChI is InChI=1S/C11H16N6S/c1-4-9-14-10(16-12)7(2)11(15-9)18-8-5-13-17(3)6-8/h5-6H,4,12H2,1-3H3,(H,14,15,16). The fourth-order valence-corrected chi connectivity index (χ4v) is 2.43. The van der Waals surface area contributed by atoms with Crippen LogP contribution in [0.3, 0.4) is 0 Å². The molecule has 6 nitrogen and oxygen atoms in total. The molecule has 0 aromatic carbocycles. The Bertz CT molecular complexity index is 550. The van der Waals surface area contributed by atoms with E-state index in [9.17, 15) is 0 Å². The van der Waals surface area contributed by atoms with E-state index in [0.29, 0.717) is 5.82 Å². The summed E-state index contributed by atoms with van der Waals surface area (Å²) in [7, 11) is 1.89. The number of anilines is 1. The Morgan fingerprint density at radius 3 is 2.78 bits per heavy atom. The maximum Gasteiger partial charge on any atom is 0.147 e. The van der Waals surface area contributed by atoms with Crippen LogP contribution in [0.2, 0.25) is 0 Å². The van der Waals surface area contributed by atoms with Crippen LogP contribution < -0.4 is 11.3 Å². The highest BCUT2D eigenvalue weighted by atomic mass is 32.2. The maximum absolute atomic E-state index is 5.47. The first-order chi connectivity index (χ1) is 8.63. The van der Waals surface area contributed by atoms with Gasteiger partial charge in [0.25, 0.3) is 0 Å². The Kier molecular flexibility index (Phi) is 3.83. The van der Waals surface area contributed by atoms with Crippen LogP contribution in [0.5, 0.6) is 0 Å². The molecule has 0 fully saturated rings. The van der Waals surface area contributed by atoms with E-state index in [2.05, 4.69) is 20.5 Å². The molecular weight excluding hydrogens is 248 g/mol. The van der Waals surface area contributed by atoms with Gasteiger partial charge in [0, 0.05) is 25.2 Å². The maximum atomic E-state index is 5.47. The molecule has 0 amide bonds. The van der Waals surface area contributed by atoms with Gasteiger partial charge < -0.3 is 5.43 Å². The number of aryl methyl sites for hydroxylation is 2. The molecule has 0 aliphatic rings. The van der Waals surface area contributed by atoms with Crippen LogP contribution >= 0.6 is 11.8 Å². The van der Waals surface area contributed by atoms with Crippen LogP contribution in [-0.4, -0.2) is 19.7 Å². The number of nitrogens with two attached hydrogens (primary N) is 1. The van der Waals surface area contributed by atoms with E-state index in [1.54, 1.807) is 16.4 Å². The zero-order valence-electron chi connectivity index (χ0n) is 10.6. The van der Waals surface area contributed by atoms with Gasteiger partial charge in [-0.3, -0.25) is 4.68 Å². The smallest absolute Gasteiger partial charge is 0.147 e. The minimum Gasteiger partial charge on any atom is -0.308 e. The second-order valence-electron chi connectivity index (χ2n) is 3.87. The molecule has 0 radical (unpaired) electrons. The lowest BCUT2D eigenvalue weighted by atomic mass is 10.3. The molecule has 2 aromatic rings. The van der Waals surface area contributed by atoms with Crippen molar-refractivity contribution < 1.29 is 0 Å². The molecule has 2 rings (SSSR count). The lowest BCUT2D eigenvalue weighted by molar-refractivity contribution is 0.766. The number of nitrogen functional groups attached to an aromatic ring is 1. The van der Waals surface area contributed by atoms with Crippen molar-refractivity contribution in [3.05, 3.63) is 23.8 Å². The number of hydrogen-bond acceptors (Lipinski definition) is 6. The first-order valence-corrected chi connectivity index (χ1v) is 6.46. The van der Waals surface area contributed by atoms with Gasteiger partial charge in [-0.2, -0.15) is 5.10 Å². The highest BCUT2D eigenvalue weighted by Crippen LogP contribution is 2.30. The van der Waals surface area contributed by atoms with Gasteiger partial charge in [-0.1, -0.05) is 18.7 Å². The quantitative estimate of drug-likeness (QED) is 0.495. The summed E-state index contributed by atoms with van der Waals surface area (Å²) in [6.07, 6.45) is 4.54. The summed E-state index contributed by atoms with van der Waals surface area (Å²) in [4.78, 5) is 9.90. The monoisotopic (exact) mass is 264 g/mol. The van der Waals surface area contributed by atoms with Gasteiger partial charge in [-0.15, -0.1) is 0 Å². The fraction of sp³-hybridized carbons (Fsp3) is 0.364. The van der Waals surface area contributed by atoms with Crippen molar-refractivity contribution in [2.45, 2.75) is 30.2 Å². The third kappa shape index (κ3) is 2.62. The normalized spacial score (nSPS) is 10.7. The number of nitrogens with one attached hydrogen (secondary N) is 1. The molecule has 2 aromatic heterocycles. The number of aromatic nitrogens is 4. The van der Waals surface area contributed by atoms with Crippen molar-refractivity contribution in [2.24, 2.45) is 12.9 Å². The SMILES string of the molecule is CCc1nc(NN)c(C)c(Sc2cnn(C)c2)n1. The molecule has 0 unspecified atom stereocenters.